The number of ether oxygens (including phenoxy) is 1. The van der Waals surface area contributed by atoms with Crippen LogP contribution in [0.1, 0.15) is 39.2 Å². The number of nitrogens with two attached hydrogens (primary N) is 1. The molecule has 8 nitrogen and oxygen atoms in total. The Hall–Kier alpha value is -2.51. The Morgan fingerprint density at radius 3 is 2.44 bits per heavy atom. The van der Waals surface area contributed by atoms with E-state index in [0.717, 1.165) is 18.7 Å². The fourth-order valence-corrected chi connectivity index (χ4v) is 3.50. The van der Waals surface area contributed by atoms with Crippen molar-refractivity contribution >= 4 is 17.7 Å². The van der Waals surface area contributed by atoms with E-state index in [4.69, 9.17) is 15.7 Å². The second kappa shape index (κ2) is 6.42. The molecule has 3 rings (SSSR count). The number of piperazine rings is 1. The highest BCUT2D eigenvalue weighted by atomic mass is 16.6. The van der Waals surface area contributed by atoms with Crippen LogP contribution < -0.4 is 10.6 Å². The van der Waals surface area contributed by atoms with Crippen molar-refractivity contribution < 1.29 is 14.7 Å². The minimum absolute atomic E-state index is 0.0387. The van der Waals surface area contributed by atoms with E-state index >= 15 is 0 Å². The summed E-state index contributed by atoms with van der Waals surface area (Å²) in [6.45, 7) is 6.90. The topological polar surface area (TPSA) is 104 Å². The van der Waals surface area contributed by atoms with Crippen LogP contribution in [-0.4, -0.2) is 57.8 Å². The maximum atomic E-state index is 12.3. The lowest BCUT2D eigenvalue weighted by Crippen LogP contribution is -2.56. The smallest absolute Gasteiger partial charge is 0.410 e. The van der Waals surface area contributed by atoms with Crippen molar-refractivity contribution in [3.05, 3.63) is 23.9 Å². The number of carbonyl (C=O) groups excluding carboxylic acids is 1. The predicted octanol–water partition coefficient (Wildman–Crippen LogP) is 1.76. The molecular weight excluding hydrogens is 322 g/mol. The van der Waals surface area contributed by atoms with Gasteiger partial charge in [0.25, 0.3) is 0 Å². The van der Waals surface area contributed by atoms with Gasteiger partial charge in [-0.2, -0.15) is 0 Å². The Morgan fingerprint density at radius 2 is 1.96 bits per heavy atom. The highest BCUT2D eigenvalue weighted by Gasteiger charge is 2.42. The number of amides is 1. The monoisotopic (exact) mass is 347 g/mol. The molecule has 2 saturated heterocycles. The molecule has 0 spiro atoms. The molecule has 8 heteroatoms. The molecule has 0 radical (unpaired) electrons. The quantitative estimate of drug-likeness (QED) is 0.366. The van der Waals surface area contributed by atoms with Crippen LogP contribution in [0.25, 0.3) is 0 Å². The molecule has 2 bridgehead atoms. The molecule has 2 aliphatic heterocycles. The standard InChI is InChI=1S/C17H25N5O3/c1-17(2,3)25-16(23)21-9-12-5-6-13(10-21)22(12)14-7-4-11(8-19-14)15(18)20-24/h4,7-8,12-13,24H,5-6,9-10H2,1-3H3,(H2,18,20). The molecule has 0 aromatic carbocycles. The summed E-state index contributed by atoms with van der Waals surface area (Å²) in [4.78, 5) is 20.9. The van der Waals surface area contributed by atoms with Crippen molar-refractivity contribution in [2.24, 2.45) is 10.9 Å². The van der Waals surface area contributed by atoms with Gasteiger partial charge < -0.3 is 25.5 Å². The SMILES string of the molecule is CC(C)(C)OC(=O)N1CC2CCC(C1)N2c1ccc(C(N)=NO)cn1. The van der Waals surface area contributed by atoms with Gasteiger partial charge in [0, 0.05) is 36.9 Å². The van der Waals surface area contributed by atoms with E-state index in [0.29, 0.717) is 18.7 Å². The number of pyridine rings is 1. The van der Waals surface area contributed by atoms with E-state index in [1.807, 2.05) is 26.8 Å². The van der Waals surface area contributed by atoms with Crippen LogP contribution >= 0.6 is 0 Å². The molecule has 136 valence electrons. The van der Waals surface area contributed by atoms with Crippen LogP contribution in [-0.2, 0) is 4.74 Å². The number of nitrogens with zero attached hydrogens (tertiary/aromatic N) is 4. The Morgan fingerprint density at radius 1 is 1.32 bits per heavy atom. The minimum atomic E-state index is -0.487. The summed E-state index contributed by atoms with van der Waals surface area (Å²) in [5.74, 6) is 0.891. The summed E-state index contributed by atoms with van der Waals surface area (Å²) in [6.07, 6.45) is 3.39. The zero-order chi connectivity index (χ0) is 18.2. The second-order valence-electron chi connectivity index (χ2n) is 7.57. The van der Waals surface area contributed by atoms with Crippen molar-refractivity contribution in [3.63, 3.8) is 0 Å². The molecule has 2 atom stereocenters. The normalized spacial score (nSPS) is 23.7. The molecule has 1 aromatic rings. The maximum absolute atomic E-state index is 12.3. The summed E-state index contributed by atoms with van der Waals surface area (Å²) >= 11 is 0. The van der Waals surface area contributed by atoms with Gasteiger partial charge in [0.1, 0.15) is 11.4 Å². The molecule has 2 fully saturated rings. The lowest BCUT2D eigenvalue weighted by molar-refractivity contribution is 0.0209. The molecule has 0 aliphatic carbocycles. The van der Waals surface area contributed by atoms with Crippen LogP contribution in [0, 0.1) is 0 Å². The average Bonchev–Trinajstić information content (AvgIpc) is 2.82. The highest BCUT2D eigenvalue weighted by Crippen LogP contribution is 2.34. The number of hydrogen-bond acceptors (Lipinski definition) is 6. The predicted molar refractivity (Wildman–Crippen MR) is 93.8 cm³/mol. The van der Waals surface area contributed by atoms with Gasteiger partial charge in [0.05, 0.1) is 0 Å². The number of carbonyl (C=O) groups is 1. The molecule has 1 amide bonds. The van der Waals surface area contributed by atoms with Crippen molar-refractivity contribution in [1.29, 1.82) is 0 Å². The fraction of sp³-hybridized carbons (Fsp3) is 0.588. The summed E-state index contributed by atoms with van der Waals surface area (Å²) in [7, 11) is 0. The first kappa shape index (κ1) is 17.3. The molecular formula is C17H25N5O3. The van der Waals surface area contributed by atoms with Crippen molar-refractivity contribution in [2.75, 3.05) is 18.0 Å². The molecule has 1 aromatic heterocycles. The Labute approximate surface area is 147 Å². The zero-order valence-electron chi connectivity index (χ0n) is 14.8. The number of likely N-dealkylation sites (tertiary alicyclic amines) is 1. The first-order valence-corrected chi connectivity index (χ1v) is 8.48. The summed E-state index contributed by atoms with van der Waals surface area (Å²) in [6, 6.07) is 4.13. The van der Waals surface area contributed by atoms with Gasteiger partial charge >= 0.3 is 6.09 Å². The van der Waals surface area contributed by atoms with Crippen LogP contribution in [0.15, 0.2) is 23.5 Å². The third-order valence-corrected chi connectivity index (χ3v) is 4.55. The number of aromatic nitrogens is 1. The van der Waals surface area contributed by atoms with Gasteiger partial charge in [-0.05, 0) is 45.7 Å². The summed E-state index contributed by atoms with van der Waals surface area (Å²) in [5, 5.41) is 11.7. The first-order chi connectivity index (χ1) is 11.8. The molecule has 0 saturated carbocycles. The van der Waals surface area contributed by atoms with Crippen LogP contribution in [0.5, 0.6) is 0 Å². The summed E-state index contributed by atoms with van der Waals surface area (Å²) in [5.41, 5.74) is 5.67. The van der Waals surface area contributed by atoms with Crippen molar-refractivity contribution in [3.8, 4) is 0 Å². The number of anilines is 1. The molecule has 3 N–H and O–H groups in total. The van der Waals surface area contributed by atoms with E-state index in [-0.39, 0.29) is 24.0 Å². The first-order valence-electron chi connectivity index (χ1n) is 8.48. The van der Waals surface area contributed by atoms with Crippen molar-refractivity contribution in [2.45, 2.75) is 51.3 Å². The van der Waals surface area contributed by atoms with E-state index in [1.165, 1.54) is 0 Å². The van der Waals surface area contributed by atoms with Crippen LogP contribution in [0.4, 0.5) is 10.6 Å². The van der Waals surface area contributed by atoms with Gasteiger partial charge in [0.2, 0.25) is 0 Å². The lowest BCUT2D eigenvalue weighted by atomic mass is 10.1. The van der Waals surface area contributed by atoms with Crippen LogP contribution in [0.3, 0.4) is 0 Å². The van der Waals surface area contributed by atoms with Crippen molar-refractivity contribution in [1.82, 2.24) is 9.88 Å². The number of rotatable bonds is 2. The third-order valence-electron chi connectivity index (χ3n) is 4.55. The number of hydrogen-bond donors (Lipinski definition) is 2. The number of fused-ring (bicyclic) bond motifs is 2. The second-order valence-corrected chi connectivity index (χ2v) is 7.57. The maximum Gasteiger partial charge on any atom is 0.410 e. The van der Waals surface area contributed by atoms with Crippen LogP contribution in [0.2, 0.25) is 0 Å². The summed E-state index contributed by atoms with van der Waals surface area (Å²) < 4.78 is 5.50. The molecule has 25 heavy (non-hydrogen) atoms. The third kappa shape index (κ3) is 3.62. The number of oxime groups is 1. The van der Waals surface area contributed by atoms with E-state index in [1.54, 1.807) is 17.2 Å². The number of amidine groups is 1. The lowest BCUT2D eigenvalue weighted by Gasteiger charge is -2.42. The molecule has 2 unspecified atom stereocenters. The molecule has 3 heterocycles. The van der Waals surface area contributed by atoms with E-state index in [9.17, 15) is 4.79 Å². The Bertz CT molecular complexity index is 654. The fourth-order valence-electron chi connectivity index (χ4n) is 3.50. The minimum Gasteiger partial charge on any atom is -0.444 e. The van der Waals surface area contributed by atoms with E-state index in [2.05, 4.69) is 15.0 Å². The van der Waals surface area contributed by atoms with Gasteiger partial charge in [-0.3, -0.25) is 0 Å². The Balaban J connectivity index is 1.72. The van der Waals surface area contributed by atoms with E-state index < -0.39 is 5.60 Å². The van der Waals surface area contributed by atoms with Gasteiger partial charge in [-0.1, -0.05) is 5.16 Å². The molecule has 2 aliphatic rings. The van der Waals surface area contributed by atoms with Gasteiger partial charge in [-0.15, -0.1) is 0 Å². The largest absolute Gasteiger partial charge is 0.444 e. The van der Waals surface area contributed by atoms with Gasteiger partial charge in [-0.25, -0.2) is 9.78 Å². The highest BCUT2D eigenvalue weighted by molar-refractivity contribution is 5.96. The zero-order valence-corrected chi connectivity index (χ0v) is 14.8. The van der Waals surface area contributed by atoms with Gasteiger partial charge in [0.15, 0.2) is 5.84 Å². The average molecular weight is 347 g/mol. The Kier molecular flexibility index (Phi) is 4.45.